The zero-order valence-electron chi connectivity index (χ0n) is 14.9. The van der Waals surface area contributed by atoms with Crippen LogP contribution in [0, 0.1) is 0 Å². The maximum Gasteiger partial charge on any atom is 0.276 e. The van der Waals surface area contributed by atoms with E-state index in [9.17, 15) is 13.2 Å². The number of aromatic nitrogens is 2. The third kappa shape index (κ3) is 4.61. The number of carbonyl (C=O) groups is 1. The van der Waals surface area contributed by atoms with E-state index in [1.165, 1.54) is 12.3 Å². The molecule has 1 amide bonds. The number of anilines is 1. The lowest BCUT2D eigenvalue weighted by Gasteiger charge is -2.06. The van der Waals surface area contributed by atoms with Gasteiger partial charge in [0.05, 0.1) is 11.4 Å². The molecule has 3 aromatic rings. The minimum atomic E-state index is -3.70. The SMILES string of the molecule is O=C(Nc1nc(C2CC2)c(S(=O)(=O)Cc2ccc(Cl)cc2Cl)s1)c1ccccn1. The van der Waals surface area contributed by atoms with E-state index in [2.05, 4.69) is 15.3 Å². The first-order chi connectivity index (χ1) is 13.8. The molecular formula is C19H15Cl2N3O3S2. The third-order valence-corrected chi connectivity index (χ3v) is 8.19. The second-order valence-corrected chi connectivity index (χ2v) is 10.7. The third-order valence-electron chi connectivity index (χ3n) is 4.35. The van der Waals surface area contributed by atoms with Gasteiger partial charge in [0.2, 0.25) is 0 Å². The van der Waals surface area contributed by atoms with Gasteiger partial charge in [-0.05, 0) is 42.7 Å². The van der Waals surface area contributed by atoms with Gasteiger partial charge in [0, 0.05) is 22.2 Å². The van der Waals surface area contributed by atoms with Crippen LogP contribution >= 0.6 is 34.5 Å². The van der Waals surface area contributed by atoms with Crippen LogP contribution in [-0.2, 0) is 15.6 Å². The van der Waals surface area contributed by atoms with Crippen molar-refractivity contribution in [2.24, 2.45) is 0 Å². The molecule has 2 heterocycles. The summed E-state index contributed by atoms with van der Waals surface area (Å²) in [5.74, 6) is -0.609. The number of benzene rings is 1. The number of hydrogen-bond acceptors (Lipinski definition) is 6. The molecule has 0 atom stereocenters. The molecule has 29 heavy (non-hydrogen) atoms. The highest BCUT2D eigenvalue weighted by atomic mass is 35.5. The van der Waals surface area contributed by atoms with Gasteiger partial charge in [-0.25, -0.2) is 13.4 Å². The molecule has 0 bridgehead atoms. The Kier molecular flexibility index (Phi) is 5.61. The van der Waals surface area contributed by atoms with E-state index in [1.54, 1.807) is 30.3 Å². The number of amides is 1. The first-order valence-electron chi connectivity index (χ1n) is 8.73. The van der Waals surface area contributed by atoms with Crippen LogP contribution in [0.1, 0.15) is 40.5 Å². The Balaban J connectivity index is 1.63. The molecule has 1 aliphatic carbocycles. The Morgan fingerprint density at radius 2 is 2.00 bits per heavy atom. The van der Waals surface area contributed by atoms with Crippen molar-refractivity contribution in [1.29, 1.82) is 0 Å². The molecule has 150 valence electrons. The number of carbonyl (C=O) groups excluding carboxylic acids is 1. The van der Waals surface area contributed by atoms with Crippen LogP contribution in [0.5, 0.6) is 0 Å². The highest BCUT2D eigenvalue weighted by molar-refractivity contribution is 7.92. The van der Waals surface area contributed by atoms with Crippen molar-refractivity contribution in [2.45, 2.75) is 28.7 Å². The average Bonchev–Trinajstić information content (AvgIpc) is 3.44. The minimum absolute atomic E-state index is 0.0946. The van der Waals surface area contributed by atoms with Crippen molar-refractivity contribution in [3.63, 3.8) is 0 Å². The molecule has 6 nitrogen and oxygen atoms in total. The summed E-state index contributed by atoms with van der Waals surface area (Å²) in [6.45, 7) is 0. The van der Waals surface area contributed by atoms with Crippen molar-refractivity contribution in [2.75, 3.05) is 5.32 Å². The zero-order chi connectivity index (χ0) is 20.6. The smallest absolute Gasteiger partial charge is 0.276 e. The molecule has 1 saturated carbocycles. The van der Waals surface area contributed by atoms with Crippen LogP contribution in [-0.4, -0.2) is 24.3 Å². The Morgan fingerprint density at radius 3 is 2.66 bits per heavy atom. The zero-order valence-corrected chi connectivity index (χ0v) is 18.1. The van der Waals surface area contributed by atoms with Crippen molar-refractivity contribution in [1.82, 2.24) is 9.97 Å². The largest absolute Gasteiger partial charge is 0.296 e. The van der Waals surface area contributed by atoms with E-state index in [0.717, 1.165) is 24.2 Å². The average molecular weight is 468 g/mol. The Morgan fingerprint density at radius 1 is 1.21 bits per heavy atom. The number of nitrogens with one attached hydrogen (secondary N) is 1. The molecule has 1 aromatic carbocycles. The van der Waals surface area contributed by atoms with Crippen molar-refractivity contribution >= 4 is 55.4 Å². The molecule has 2 aromatic heterocycles. The van der Waals surface area contributed by atoms with Crippen LogP contribution in [0.15, 0.2) is 46.8 Å². The van der Waals surface area contributed by atoms with E-state index >= 15 is 0 Å². The van der Waals surface area contributed by atoms with Crippen molar-refractivity contribution < 1.29 is 13.2 Å². The summed E-state index contributed by atoms with van der Waals surface area (Å²) in [7, 11) is -3.70. The predicted octanol–water partition coefficient (Wildman–Crippen LogP) is 4.95. The predicted molar refractivity (Wildman–Crippen MR) is 114 cm³/mol. The lowest BCUT2D eigenvalue weighted by molar-refractivity contribution is 0.102. The molecule has 1 N–H and O–H groups in total. The first kappa shape index (κ1) is 20.3. The number of sulfone groups is 1. The fourth-order valence-corrected chi connectivity index (χ4v) is 6.36. The number of thiazole rings is 1. The molecule has 4 rings (SSSR count). The molecule has 0 unspecified atom stereocenters. The maximum atomic E-state index is 13.1. The first-order valence-corrected chi connectivity index (χ1v) is 12.0. The van der Waals surface area contributed by atoms with Gasteiger partial charge in [-0.2, -0.15) is 0 Å². The second kappa shape index (κ2) is 8.02. The standard InChI is InChI=1S/C19H15Cl2N3O3S2/c20-13-7-6-12(14(21)9-13)10-29(26,27)18-16(11-4-5-11)23-19(28-18)24-17(25)15-3-1-2-8-22-15/h1-3,6-9,11H,4-5,10H2,(H,23,24,25). The molecule has 0 aliphatic heterocycles. The molecule has 1 fully saturated rings. The van der Waals surface area contributed by atoms with Crippen LogP contribution in [0.3, 0.4) is 0 Å². The molecule has 0 radical (unpaired) electrons. The summed E-state index contributed by atoms with van der Waals surface area (Å²) >= 11 is 13.0. The number of pyridine rings is 1. The van der Waals surface area contributed by atoms with Crippen molar-refractivity contribution in [3.8, 4) is 0 Å². The van der Waals surface area contributed by atoms with E-state index in [-0.39, 0.29) is 26.7 Å². The fraction of sp³-hybridized carbons (Fsp3) is 0.211. The van der Waals surface area contributed by atoms with Gasteiger partial charge in [-0.1, -0.05) is 46.7 Å². The van der Waals surface area contributed by atoms with E-state index in [4.69, 9.17) is 23.2 Å². The maximum absolute atomic E-state index is 13.1. The molecular weight excluding hydrogens is 453 g/mol. The van der Waals surface area contributed by atoms with Gasteiger partial charge >= 0.3 is 0 Å². The van der Waals surface area contributed by atoms with Gasteiger partial charge in [0.25, 0.3) is 5.91 Å². The van der Waals surface area contributed by atoms with Crippen LogP contribution < -0.4 is 5.32 Å². The van der Waals surface area contributed by atoms with Gasteiger partial charge < -0.3 is 0 Å². The van der Waals surface area contributed by atoms with Crippen LogP contribution in [0.2, 0.25) is 10.0 Å². The summed E-state index contributed by atoms with van der Waals surface area (Å²) < 4.78 is 26.4. The highest BCUT2D eigenvalue weighted by Gasteiger charge is 2.35. The monoisotopic (exact) mass is 467 g/mol. The van der Waals surface area contributed by atoms with Crippen LogP contribution in [0.4, 0.5) is 5.13 Å². The Bertz CT molecular complexity index is 1180. The summed E-state index contributed by atoms with van der Waals surface area (Å²) in [6, 6.07) is 9.70. The van der Waals surface area contributed by atoms with E-state index < -0.39 is 15.7 Å². The normalized spacial score (nSPS) is 14.0. The number of rotatable bonds is 6. The molecule has 0 saturated heterocycles. The van der Waals surface area contributed by atoms with Gasteiger partial charge in [0.15, 0.2) is 15.0 Å². The molecule has 10 heteroatoms. The minimum Gasteiger partial charge on any atom is -0.296 e. The Labute approximate surface area is 181 Å². The topological polar surface area (TPSA) is 89.0 Å². The quantitative estimate of drug-likeness (QED) is 0.553. The van der Waals surface area contributed by atoms with Gasteiger partial charge in [0.1, 0.15) is 9.90 Å². The lowest BCUT2D eigenvalue weighted by Crippen LogP contribution is -2.13. The number of nitrogens with zero attached hydrogens (tertiary/aromatic N) is 2. The van der Waals surface area contributed by atoms with E-state index in [1.807, 2.05) is 0 Å². The van der Waals surface area contributed by atoms with Crippen molar-refractivity contribution in [3.05, 3.63) is 69.6 Å². The second-order valence-electron chi connectivity index (χ2n) is 6.63. The number of halogens is 2. The highest BCUT2D eigenvalue weighted by Crippen LogP contribution is 2.46. The summed E-state index contributed by atoms with van der Waals surface area (Å²) in [5.41, 5.74) is 1.20. The fourth-order valence-electron chi connectivity index (χ4n) is 2.78. The lowest BCUT2D eigenvalue weighted by atomic mass is 10.2. The van der Waals surface area contributed by atoms with E-state index in [0.29, 0.717) is 21.3 Å². The summed E-state index contributed by atoms with van der Waals surface area (Å²) in [5, 5.41) is 3.62. The van der Waals surface area contributed by atoms with Gasteiger partial charge in [-0.15, -0.1) is 0 Å². The van der Waals surface area contributed by atoms with Gasteiger partial charge in [-0.3, -0.25) is 15.1 Å². The molecule has 1 aliphatic rings. The summed E-state index contributed by atoms with van der Waals surface area (Å²) in [6.07, 6.45) is 3.27. The number of hydrogen-bond donors (Lipinski definition) is 1. The summed E-state index contributed by atoms with van der Waals surface area (Å²) in [4.78, 5) is 20.8. The molecule has 0 spiro atoms. The Hall–Kier alpha value is -2.00. The van der Waals surface area contributed by atoms with Crippen LogP contribution in [0.25, 0.3) is 0 Å².